The second-order valence-corrected chi connectivity index (χ2v) is 4.55. The molecule has 2 rings (SSSR count). The fraction of sp³-hybridized carbons (Fsp3) is 0.909. The van der Waals surface area contributed by atoms with E-state index in [-0.39, 0.29) is 5.91 Å². The number of rotatable bonds is 2. The largest absolute Gasteiger partial charge is 0.341 e. The topological polar surface area (TPSA) is 44.1 Å². The molecule has 1 N–H and O–H groups in total. The lowest BCUT2D eigenvalue weighted by Gasteiger charge is -2.23. The standard InChI is InChI=1S/C11H19N2O/c12-10(9-5-1-2-6-9)11(14)13-7-3-4-8-13/h9-10,12H,1-8H2. The van der Waals surface area contributed by atoms with E-state index in [0.29, 0.717) is 5.92 Å². The quantitative estimate of drug-likeness (QED) is 0.657. The molecule has 1 amide bonds. The summed E-state index contributed by atoms with van der Waals surface area (Å²) in [5.41, 5.74) is 7.95. The molecule has 14 heavy (non-hydrogen) atoms. The number of carbonyl (C=O) groups is 1. The molecule has 0 spiro atoms. The van der Waals surface area contributed by atoms with Crippen LogP contribution in [-0.2, 0) is 4.79 Å². The third-order valence-corrected chi connectivity index (χ3v) is 3.56. The van der Waals surface area contributed by atoms with Gasteiger partial charge in [-0.1, -0.05) is 12.8 Å². The zero-order valence-electron chi connectivity index (χ0n) is 8.67. The fourth-order valence-electron chi connectivity index (χ4n) is 2.63. The highest BCUT2D eigenvalue weighted by atomic mass is 16.2. The number of nitrogens with one attached hydrogen (secondary N) is 1. The molecule has 1 aliphatic carbocycles. The maximum absolute atomic E-state index is 11.9. The van der Waals surface area contributed by atoms with Crippen molar-refractivity contribution in [2.45, 2.75) is 44.6 Å². The summed E-state index contributed by atoms with van der Waals surface area (Å²) in [5.74, 6) is 0.442. The molecule has 79 valence electrons. The predicted molar refractivity (Wildman–Crippen MR) is 54.7 cm³/mol. The Balaban J connectivity index is 1.89. The van der Waals surface area contributed by atoms with Gasteiger partial charge >= 0.3 is 0 Å². The summed E-state index contributed by atoms with van der Waals surface area (Å²) in [6.45, 7) is 1.78. The molecule has 1 saturated carbocycles. The third kappa shape index (κ3) is 1.92. The Hall–Kier alpha value is -0.570. The van der Waals surface area contributed by atoms with Crippen LogP contribution in [-0.4, -0.2) is 29.9 Å². The maximum atomic E-state index is 11.9. The highest BCUT2D eigenvalue weighted by Crippen LogP contribution is 2.28. The average molecular weight is 195 g/mol. The molecule has 2 fully saturated rings. The molecular weight excluding hydrogens is 176 g/mol. The van der Waals surface area contributed by atoms with Crippen LogP contribution in [0.3, 0.4) is 0 Å². The van der Waals surface area contributed by atoms with Crippen LogP contribution in [0.2, 0.25) is 0 Å². The van der Waals surface area contributed by atoms with Crippen LogP contribution in [0.4, 0.5) is 0 Å². The molecule has 0 aromatic rings. The van der Waals surface area contributed by atoms with Crippen molar-refractivity contribution >= 4 is 5.91 Å². The van der Waals surface area contributed by atoms with Gasteiger partial charge in [0, 0.05) is 13.1 Å². The third-order valence-electron chi connectivity index (χ3n) is 3.56. The van der Waals surface area contributed by atoms with Crippen molar-refractivity contribution in [1.82, 2.24) is 10.6 Å². The highest BCUT2D eigenvalue weighted by molar-refractivity contribution is 5.82. The smallest absolute Gasteiger partial charge is 0.241 e. The van der Waals surface area contributed by atoms with Gasteiger partial charge in [-0.2, -0.15) is 0 Å². The van der Waals surface area contributed by atoms with Gasteiger partial charge in [0.2, 0.25) is 5.91 Å². The second kappa shape index (κ2) is 4.30. The van der Waals surface area contributed by atoms with E-state index in [2.05, 4.69) is 0 Å². The summed E-state index contributed by atoms with van der Waals surface area (Å²) >= 11 is 0. The Bertz CT molecular complexity index is 205. The summed E-state index contributed by atoms with van der Waals surface area (Å²) in [4.78, 5) is 13.8. The minimum absolute atomic E-state index is 0.0920. The van der Waals surface area contributed by atoms with Gasteiger partial charge in [-0.3, -0.25) is 4.79 Å². The average Bonchev–Trinajstić information content (AvgIpc) is 2.87. The van der Waals surface area contributed by atoms with E-state index >= 15 is 0 Å². The van der Waals surface area contributed by atoms with E-state index in [1.54, 1.807) is 0 Å². The molecule has 0 aromatic carbocycles. The van der Waals surface area contributed by atoms with Crippen molar-refractivity contribution in [2.75, 3.05) is 13.1 Å². The number of hydrogen-bond donors (Lipinski definition) is 0. The number of likely N-dealkylation sites (tertiary alicyclic amines) is 1. The maximum Gasteiger partial charge on any atom is 0.241 e. The second-order valence-electron chi connectivity index (χ2n) is 4.55. The van der Waals surface area contributed by atoms with Crippen LogP contribution >= 0.6 is 0 Å². The Labute approximate surface area is 85.6 Å². The molecule has 1 aliphatic heterocycles. The van der Waals surface area contributed by atoms with Crippen LogP contribution in [0.1, 0.15) is 38.5 Å². The van der Waals surface area contributed by atoms with Gasteiger partial charge in [0.1, 0.15) is 6.04 Å². The van der Waals surface area contributed by atoms with Gasteiger partial charge in [-0.25, -0.2) is 5.73 Å². The minimum Gasteiger partial charge on any atom is -0.341 e. The SMILES string of the molecule is [NH]C(C(=O)N1CCCC1)C1CCCC1. The summed E-state index contributed by atoms with van der Waals surface area (Å²) in [7, 11) is 0. The lowest BCUT2D eigenvalue weighted by Crippen LogP contribution is -2.41. The van der Waals surface area contributed by atoms with E-state index in [1.165, 1.54) is 12.8 Å². The van der Waals surface area contributed by atoms with Crippen molar-refractivity contribution < 1.29 is 4.79 Å². The predicted octanol–water partition coefficient (Wildman–Crippen LogP) is 1.45. The van der Waals surface area contributed by atoms with Gasteiger partial charge in [-0.15, -0.1) is 0 Å². The number of nitrogens with zero attached hydrogens (tertiary/aromatic N) is 1. The first-order chi connectivity index (χ1) is 6.79. The van der Waals surface area contributed by atoms with Gasteiger partial charge in [0.15, 0.2) is 0 Å². The first-order valence-electron chi connectivity index (χ1n) is 5.79. The van der Waals surface area contributed by atoms with Gasteiger partial charge in [0.05, 0.1) is 0 Å². The van der Waals surface area contributed by atoms with Crippen LogP contribution in [0.5, 0.6) is 0 Å². The molecule has 1 radical (unpaired) electrons. The minimum atomic E-state index is -0.462. The van der Waals surface area contributed by atoms with E-state index in [9.17, 15) is 4.79 Å². The van der Waals surface area contributed by atoms with Crippen molar-refractivity contribution in [3.8, 4) is 0 Å². The van der Waals surface area contributed by atoms with Gasteiger partial charge < -0.3 is 4.90 Å². The molecule has 0 bridgehead atoms. The molecule has 3 nitrogen and oxygen atoms in total. The van der Waals surface area contributed by atoms with Crippen molar-refractivity contribution in [1.29, 1.82) is 0 Å². The lowest BCUT2D eigenvalue weighted by molar-refractivity contribution is -0.132. The number of amides is 1. The molecule has 2 aliphatic rings. The summed E-state index contributed by atoms with van der Waals surface area (Å²) < 4.78 is 0. The van der Waals surface area contributed by atoms with E-state index in [0.717, 1.165) is 38.8 Å². The molecule has 1 heterocycles. The van der Waals surface area contributed by atoms with Crippen LogP contribution in [0, 0.1) is 5.92 Å². The molecule has 1 atom stereocenters. The molecular formula is C11H19N2O. The fourth-order valence-corrected chi connectivity index (χ4v) is 2.63. The molecule has 0 aromatic heterocycles. The zero-order valence-corrected chi connectivity index (χ0v) is 8.67. The zero-order chi connectivity index (χ0) is 9.97. The van der Waals surface area contributed by atoms with Crippen molar-refractivity contribution in [2.24, 2.45) is 5.92 Å². The summed E-state index contributed by atoms with van der Waals surface area (Å²) in [6.07, 6.45) is 6.87. The molecule has 1 unspecified atom stereocenters. The van der Waals surface area contributed by atoms with Crippen LogP contribution < -0.4 is 5.73 Å². The van der Waals surface area contributed by atoms with Crippen LogP contribution in [0.15, 0.2) is 0 Å². The van der Waals surface area contributed by atoms with Crippen LogP contribution in [0.25, 0.3) is 0 Å². The van der Waals surface area contributed by atoms with E-state index in [4.69, 9.17) is 5.73 Å². The highest BCUT2D eigenvalue weighted by Gasteiger charge is 2.31. The molecule has 3 heteroatoms. The summed E-state index contributed by atoms with van der Waals surface area (Å²) in [6, 6.07) is -0.462. The Morgan fingerprint density at radius 3 is 2.29 bits per heavy atom. The first-order valence-corrected chi connectivity index (χ1v) is 5.79. The van der Waals surface area contributed by atoms with Crippen molar-refractivity contribution in [3.05, 3.63) is 0 Å². The molecule has 1 saturated heterocycles. The Kier molecular flexibility index (Phi) is 3.06. The first kappa shape index (κ1) is 9.97. The normalized spacial score (nSPS) is 25.6. The summed E-state index contributed by atoms with van der Waals surface area (Å²) in [5, 5.41) is 0. The Morgan fingerprint density at radius 2 is 1.71 bits per heavy atom. The van der Waals surface area contributed by atoms with E-state index in [1.807, 2.05) is 4.90 Å². The van der Waals surface area contributed by atoms with Gasteiger partial charge in [-0.05, 0) is 31.6 Å². The number of hydrogen-bond acceptors (Lipinski definition) is 1. The van der Waals surface area contributed by atoms with E-state index < -0.39 is 6.04 Å². The monoisotopic (exact) mass is 195 g/mol. The van der Waals surface area contributed by atoms with Gasteiger partial charge in [0.25, 0.3) is 0 Å². The lowest BCUT2D eigenvalue weighted by atomic mass is 9.98. The van der Waals surface area contributed by atoms with Crippen molar-refractivity contribution in [3.63, 3.8) is 0 Å². The Morgan fingerprint density at radius 1 is 1.14 bits per heavy atom. The number of carbonyl (C=O) groups excluding carboxylic acids is 1.